The number of hydrogen-bond acceptors (Lipinski definition) is 6. The molecule has 7 nitrogen and oxygen atoms in total. The minimum atomic E-state index is -3.36. The molecule has 0 aromatic rings. The SMILES string of the molecule is C=C1CCCOC1=O.[2H]C([2H])([2H])C(CC1CCCOC1=O)([N+](=O)[O-])C([2H])([2H])[2H]. The van der Waals surface area contributed by atoms with Gasteiger partial charge in [0, 0.05) is 38.8 Å². The normalized spacial score (nSPS) is 27.3. The van der Waals surface area contributed by atoms with E-state index in [1.165, 1.54) is 0 Å². The van der Waals surface area contributed by atoms with Gasteiger partial charge in [0.2, 0.25) is 5.54 Å². The van der Waals surface area contributed by atoms with E-state index in [0.717, 1.165) is 12.8 Å². The van der Waals surface area contributed by atoms with Gasteiger partial charge in [-0.25, -0.2) is 4.79 Å². The largest absolute Gasteiger partial charge is 0.465 e. The van der Waals surface area contributed by atoms with Crippen LogP contribution in [0.15, 0.2) is 12.2 Å². The molecule has 2 aliphatic heterocycles. The van der Waals surface area contributed by atoms with Crippen molar-refractivity contribution in [2.24, 2.45) is 5.92 Å². The summed E-state index contributed by atoms with van der Waals surface area (Å²) in [4.78, 5) is 31.9. The molecule has 0 aromatic carbocycles. The van der Waals surface area contributed by atoms with Crippen LogP contribution in [-0.2, 0) is 19.1 Å². The molecule has 1 unspecified atom stereocenters. The van der Waals surface area contributed by atoms with Crippen LogP contribution < -0.4 is 0 Å². The van der Waals surface area contributed by atoms with E-state index < -0.39 is 42.5 Å². The van der Waals surface area contributed by atoms with E-state index in [1.807, 2.05) is 0 Å². The Labute approximate surface area is 138 Å². The molecule has 0 radical (unpaired) electrons. The molecule has 2 fully saturated rings. The number of ether oxygens (including phenoxy) is 2. The summed E-state index contributed by atoms with van der Waals surface area (Å²) in [6.07, 6.45) is 1.46. The molecule has 7 heteroatoms. The second-order valence-electron chi connectivity index (χ2n) is 5.17. The maximum atomic E-state index is 11.5. The third kappa shape index (κ3) is 5.46. The first-order valence-electron chi connectivity index (χ1n) is 9.90. The summed E-state index contributed by atoms with van der Waals surface area (Å²) in [6, 6.07) is 0. The van der Waals surface area contributed by atoms with Crippen LogP contribution in [0, 0.1) is 16.0 Å². The van der Waals surface area contributed by atoms with Gasteiger partial charge in [-0.15, -0.1) is 0 Å². The Morgan fingerprint density at radius 3 is 2.50 bits per heavy atom. The van der Waals surface area contributed by atoms with Crippen LogP contribution in [0.5, 0.6) is 0 Å². The highest BCUT2D eigenvalue weighted by molar-refractivity contribution is 5.88. The van der Waals surface area contributed by atoms with E-state index >= 15 is 0 Å². The lowest BCUT2D eigenvalue weighted by Gasteiger charge is -2.24. The monoisotopic (exact) mass is 319 g/mol. The van der Waals surface area contributed by atoms with Crippen molar-refractivity contribution >= 4 is 11.9 Å². The van der Waals surface area contributed by atoms with Crippen molar-refractivity contribution in [2.45, 2.75) is 51.3 Å². The molecule has 0 saturated carbocycles. The Balaban J connectivity index is 0.000000406. The molecule has 0 spiro atoms. The average molecular weight is 319 g/mol. The second kappa shape index (κ2) is 7.91. The zero-order valence-electron chi connectivity index (χ0n) is 18.1. The molecule has 124 valence electrons. The highest BCUT2D eigenvalue weighted by atomic mass is 16.6. The number of esters is 2. The molecular formula is C15H23NO6. The molecule has 2 saturated heterocycles. The van der Waals surface area contributed by atoms with Crippen LogP contribution in [0.3, 0.4) is 0 Å². The Morgan fingerprint density at radius 1 is 1.36 bits per heavy atom. The molecule has 2 rings (SSSR count). The first-order chi connectivity index (χ1) is 12.7. The maximum Gasteiger partial charge on any atom is 0.333 e. The molecule has 0 bridgehead atoms. The van der Waals surface area contributed by atoms with Crippen LogP contribution in [0.2, 0.25) is 0 Å². The minimum Gasteiger partial charge on any atom is -0.465 e. The third-order valence-corrected chi connectivity index (χ3v) is 3.27. The van der Waals surface area contributed by atoms with Gasteiger partial charge in [0.25, 0.3) is 0 Å². The lowest BCUT2D eigenvalue weighted by Crippen LogP contribution is -2.37. The molecule has 22 heavy (non-hydrogen) atoms. The van der Waals surface area contributed by atoms with Gasteiger partial charge >= 0.3 is 11.9 Å². The van der Waals surface area contributed by atoms with E-state index in [-0.39, 0.29) is 19.0 Å². The zero-order chi connectivity index (χ0) is 21.8. The fourth-order valence-corrected chi connectivity index (χ4v) is 2.01. The Hall–Kier alpha value is -1.92. The van der Waals surface area contributed by atoms with Crippen molar-refractivity contribution in [1.29, 1.82) is 0 Å². The molecule has 0 aromatic heterocycles. The summed E-state index contributed by atoms with van der Waals surface area (Å²) < 4.78 is 53.1. The fourth-order valence-electron chi connectivity index (χ4n) is 2.01. The Bertz CT molecular complexity index is 599. The number of rotatable bonds is 3. The van der Waals surface area contributed by atoms with Crippen molar-refractivity contribution in [3.63, 3.8) is 0 Å². The second-order valence-corrected chi connectivity index (χ2v) is 5.17. The predicted octanol–water partition coefficient (Wildman–Crippen LogP) is 2.26. The van der Waals surface area contributed by atoms with Crippen molar-refractivity contribution in [3.8, 4) is 0 Å². The summed E-state index contributed by atoms with van der Waals surface area (Å²) in [7, 11) is 0. The number of cyclic esters (lactones) is 2. The Morgan fingerprint density at radius 2 is 2.05 bits per heavy atom. The number of hydrogen-bond donors (Lipinski definition) is 0. The summed E-state index contributed by atoms with van der Waals surface area (Å²) in [5.41, 5.74) is -2.56. The van der Waals surface area contributed by atoms with Crippen molar-refractivity contribution in [1.82, 2.24) is 0 Å². The first kappa shape index (κ1) is 10.7. The molecule has 2 heterocycles. The van der Waals surface area contributed by atoms with Crippen LogP contribution in [0.4, 0.5) is 0 Å². The zero-order valence-corrected chi connectivity index (χ0v) is 12.1. The van der Waals surface area contributed by atoms with Crippen LogP contribution in [-0.4, -0.2) is 35.6 Å². The summed E-state index contributed by atoms with van der Waals surface area (Å²) >= 11 is 0. The molecule has 1 atom stereocenters. The summed E-state index contributed by atoms with van der Waals surface area (Å²) in [5, 5.41) is 11.2. The molecule has 0 amide bonds. The van der Waals surface area contributed by atoms with Crippen molar-refractivity contribution in [2.75, 3.05) is 13.2 Å². The van der Waals surface area contributed by atoms with Crippen molar-refractivity contribution in [3.05, 3.63) is 22.3 Å². The predicted molar refractivity (Wildman–Crippen MR) is 78.7 cm³/mol. The van der Waals surface area contributed by atoms with Gasteiger partial charge in [0.1, 0.15) is 0 Å². The number of carbonyl (C=O) groups is 2. The quantitative estimate of drug-likeness (QED) is 0.343. The van der Waals surface area contributed by atoms with Crippen molar-refractivity contribution < 1.29 is 32.2 Å². The minimum absolute atomic E-state index is 0.155. The number of nitrogens with zero attached hydrogens (tertiary/aromatic N) is 1. The van der Waals surface area contributed by atoms with Crippen LogP contribution in [0.25, 0.3) is 0 Å². The van der Waals surface area contributed by atoms with Gasteiger partial charge < -0.3 is 9.47 Å². The van der Waals surface area contributed by atoms with E-state index in [4.69, 9.17) is 13.0 Å². The number of carbonyl (C=O) groups excluding carboxylic acids is 2. The van der Waals surface area contributed by atoms with Gasteiger partial charge in [0.15, 0.2) is 0 Å². The lowest BCUT2D eigenvalue weighted by atomic mass is 9.87. The van der Waals surface area contributed by atoms with Gasteiger partial charge in [-0.3, -0.25) is 14.9 Å². The smallest absolute Gasteiger partial charge is 0.333 e. The molecule has 0 N–H and O–H groups in total. The number of nitro groups is 1. The molecule has 2 aliphatic rings. The topological polar surface area (TPSA) is 95.7 Å². The fraction of sp³-hybridized carbons (Fsp3) is 0.733. The highest BCUT2D eigenvalue weighted by Crippen LogP contribution is 2.26. The summed E-state index contributed by atoms with van der Waals surface area (Å²) in [5.74, 6) is -2.10. The van der Waals surface area contributed by atoms with Gasteiger partial charge in [-0.05, 0) is 25.7 Å². The van der Waals surface area contributed by atoms with Crippen LogP contribution in [0.1, 0.15) is 54.0 Å². The van der Waals surface area contributed by atoms with Gasteiger partial charge in [-0.2, -0.15) is 0 Å². The van der Waals surface area contributed by atoms with E-state index in [2.05, 4.69) is 11.3 Å². The highest BCUT2D eigenvalue weighted by Gasteiger charge is 2.38. The van der Waals surface area contributed by atoms with Crippen LogP contribution >= 0.6 is 0 Å². The molecular weight excluding hydrogens is 290 g/mol. The molecule has 0 aliphatic carbocycles. The standard InChI is InChI=1S/C9H15NO4.C6H8O2/c1-9(2,10(12)13)6-7-4-3-5-14-8(7)11;1-5-3-2-4-8-6(5)7/h7H,3-6H2,1-2H3;1-4H2/i1D3,2D3;. The van der Waals surface area contributed by atoms with E-state index in [9.17, 15) is 19.7 Å². The van der Waals surface area contributed by atoms with E-state index in [0.29, 0.717) is 18.6 Å². The maximum absolute atomic E-state index is 11.5. The third-order valence-electron chi connectivity index (χ3n) is 3.27. The van der Waals surface area contributed by atoms with E-state index in [1.54, 1.807) is 0 Å². The first-order valence-corrected chi connectivity index (χ1v) is 6.90. The summed E-state index contributed by atoms with van der Waals surface area (Å²) in [6.45, 7) is -2.48. The lowest BCUT2D eigenvalue weighted by molar-refractivity contribution is -0.562. The average Bonchev–Trinajstić information content (AvgIpc) is 2.54. The van der Waals surface area contributed by atoms with Gasteiger partial charge in [-0.1, -0.05) is 6.58 Å². The Kier molecular flexibility index (Phi) is 3.86. The van der Waals surface area contributed by atoms with Gasteiger partial charge in [0.05, 0.1) is 19.1 Å².